The Morgan fingerprint density at radius 1 is 1.24 bits per heavy atom. The molecule has 1 fully saturated rings. The van der Waals surface area contributed by atoms with Crippen LogP contribution < -0.4 is 10.6 Å². The first-order valence-electron chi connectivity index (χ1n) is 7.56. The van der Waals surface area contributed by atoms with Crippen molar-refractivity contribution in [3.63, 3.8) is 0 Å². The minimum absolute atomic E-state index is 0.214. The maximum absolute atomic E-state index is 12.4. The van der Waals surface area contributed by atoms with Crippen LogP contribution in [-0.4, -0.2) is 41.4 Å². The average molecular weight is 297 g/mol. The molecule has 0 aromatic carbocycles. The van der Waals surface area contributed by atoms with Crippen LogP contribution in [0.25, 0.3) is 0 Å². The van der Waals surface area contributed by atoms with E-state index in [2.05, 4.69) is 24.5 Å². The third-order valence-corrected chi connectivity index (χ3v) is 3.58. The molecule has 1 rings (SSSR count). The number of hydrogen-bond acceptors (Lipinski definition) is 3. The maximum Gasteiger partial charge on any atom is 0.325 e. The summed E-state index contributed by atoms with van der Waals surface area (Å²) in [5.74, 6) is 0.163. The molecule has 1 heterocycles. The van der Waals surface area contributed by atoms with Crippen LogP contribution in [0.3, 0.4) is 0 Å². The molecular formula is C15H27N3O3. The summed E-state index contributed by atoms with van der Waals surface area (Å²) in [7, 11) is 0. The standard InChI is InChI=1S/C15H27N3O3/c1-10(2)6-7-15(5)13(20)18(14(21)17-15)9-12(19)16-8-11(3)4/h10-11H,6-9H2,1-5H3,(H,16,19)(H,17,21)/t15-/m0/s1. The molecule has 1 saturated heterocycles. The third-order valence-electron chi connectivity index (χ3n) is 3.58. The number of amides is 4. The van der Waals surface area contributed by atoms with E-state index in [0.29, 0.717) is 24.8 Å². The van der Waals surface area contributed by atoms with E-state index in [-0.39, 0.29) is 18.4 Å². The molecular weight excluding hydrogens is 270 g/mol. The van der Waals surface area contributed by atoms with E-state index in [1.807, 2.05) is 13.8 Å². The molecule has 21 heavy (non-hydrogen) atoms. The molecule has 4 amide bonds. The Bertz CT molecular complexity index is 420. The summed E-state index contributed by atoms with van der Waals surface area (Å²) in [6, 6.07) is -0.481. The summed E-state index contributed by atoms with van der Waals surface area (Å²) in [6.45, 7) is 10.2. The molecule has 2 N–H and O–H groups in total. The molecule has 120 valence electrons. The van der Waals surface area contributed by atoms with Crippen molar-refractivity contribution in [3.05, 3.63) is 0 Å². The summed E-state index contributed by atoms with van der Waals surface area (Å²) in [6.07, 6.45) is 1.43. The van der Waals surface area contributed by atoms with E-state index in [1.165, 1.54) is 0 Å². The van der Waals surface area contributed by atoms with Gasteiger partial charge in [0.1, 0.15) is 12.1 Å². The minimum Gasteiger partial charge on any atom is -0.354 e. The topological polar surface area (TPSA) is 78.5 Å². The van der Waals surface area contributed by atoms with Crippen LogP contribution in [0, 0.1) is 11.8 Å². The predicted octanol–water partition coefficient (Wildman–Crippen LogP) is 1.51. The van der Waals surface area contributed by atoms with Gasteiger partial charge in [0.05, 0.1) is 0 Å². The summed E-state index contributed by atoms with van der Waals surface area (Å²) >= 11 is 0. The minimum atomic E-state index is -0.889. The molecule has 0 aromatic rings. The van der Waals surface area contributed by atoms with Crippen LogP contribution >= 0.6 is 0 Å². The van der Waals surface area contributed by atoms with Gasteiger partial charge in [0.15, 0.2) is 0 Å². The Balaban J connectivity index is 2.62. The Morgan fingerprint density at radius 2 is 1.86 bits per heavy atom. The number of nitrogens with one attached hydrogen (secondary N) is 2. The van der Waals surface area contributed by atoms with E-state index in [4.69, 9.17) is 0 Å². The smallest absolute Gasteiger partial charge is 0.325 e. The highest BCUT2D eigenvalue weighted by atomic mass is 16.2. The van der Waals surface area contributed by atoms with Crippen LogP contribution in [0.15, 0.2) is 0 Å². The van der Waals surface area contributed by atoms with E-state index in [1.54, 1.807) is 6.92 Å². The first-order valence-corrected chi connectivity index (χ1v) is 7.56. The van der Waals surface area contributed by atoms with Crippen molar-refractivity contribution in [1.29, 1.82) is 0 Å². The van der Waals surface area contributed by atoms with Crippen LogP contribution in [0.5, 0.6) is 0 Å². The SMILES string of the molecule is CC(C)CC[C@]1(C)NC(=O)N(CC(=O)NCC(C)C)C1=O. The molecule has 1 aliphatic rings. The Kier molecular flexibility index (Phi) is 5.75. The molecule has 0 aromatic heterocycles. The second-order valence-corrected chi connectivity index (χ2v) is 6.78. The van der Waals surface area contributed by atoms with Gasteiger partial charge in [-0.3, -0.25) is 14.5 Å². The van der Waals surface area contributed by atoms with Gasteiger partial charge in [-0.1, -0.05) is 27.7 Å². The third kappa shape index (κ3) is 4.72. The lowest BCUT2D eigenvalue weighted by atomic mass is 9.92. The molecule has 0 saturated carbocycles. The number of nitrogens with zero attached hydrogens (tertiary/aromatic N) is 1. The van der Waals surface area contributed by atoms with Gasteiger partial charge in [0.25, 0.3) is 5.91 Å². The highest BCUT2D eigenvalue weighted by Gasteiger charge is 2.47. The van der Waals surface area contributed by atoms with Gasteiger partial charge < -0.3 is 10.6 Å². The monoisotopic (exact) mass is 297 g/mol. The molecule has 0 aliphatic carbocycles. The second kappa shape index (κ2) is 6.91. The zero-order chi connectivity index (χ0) is 16.2. The fraction of sp³-hybridized carbons (Fsp3) is 0.800. The first kappa shape index (κ1) is 17.5. The average Bonchev–Trinajstić information content (AvgIpc) is 2.58. The summed E-state index contributed by atoms with van der Waals surface area (Å²) < 4.78 is 0. The van der Waals surface area contributed by atoms with Crippen molar-refractivity contribution in [1.82, 2.24) is 15.5 Å². The first-order chi connectivity index (χ1) is 9.65. The number of urea groups is 1. The number of carbonyl (C=O) groups excluding carboxylic acids is 3. The van der Waals surface area contributed by atoms with Crippen molar-refractivity contribution in [2.75, 3.05) is 13.1 Å². The van der Waals surface area contributed by atoms with Gasteiger partial charge in [0.2, 0.25) is 5.91 Å². The van der Waals surface area contributed by atoms with Crippen molar-refractivity contribution >= 4 is 17.8 Å². The Hall–Kier alpha value is -1.59. The molecule has 1 atom stereocenters. The second-order valence-electron chi connectivity index (χ2n) is 6.78. The van der Waals surface area contributed by atoms with Gasteiger partial charge in [-0.05, 0) is 31.6 Å². The Labute approximate surface area is 126 Å². The molecule has 0 unspecified atom stereocenters. The quantitative estimate of drug-likeness (QED) is 0.699. The molecule has 0 spiro atoms. The molecule has 6 heteroatoms. The zero-order valence-electron chi connectivity index (χ0n) is 13.7. The van der Waals surface area contributed by atoms with E-state index in [9.17, 15) is 14.4 Å². The van der Waals surface area contributed by atoms with Crippen molar-refractivity contribution in [2.24, 2.45) is 11.8 Å². The van der Waals surface area contributed by atoms with Gasteiger partial charge >= 0.3 is 6.03 Å². The lowest BCUT2D eigenvalue weighted by Gasteiger charge is -2.22. The maximum atomic E-state index is 12.4. The van der Waals surface area contributed by atoms with Gasteiger partial charge in [-0.2, -0.15) is 0 Å². The highest BCUT2D eigenvalue weighted by molar-refractivity contribution is 6.08. The van der Waals surface area contributed by atoms with Crippen LogP contribution in [0.1, 0.15) is 47.5 Å². The molecule has 0 radical (unpaired) electrons. The number of imide groups is 1. The predicted molar refractivity (Wildman–Crippen MR) is 80.6 cm³/mol. The number of hydrogen-bond donors (Lipinski definition) is 2. The molecule has 1 aliphatic heterocycles. The fourth-order valence-electron chi connectivity index (χ4n) is 2.15. The lowest BCUT2D eigenvalue weighted by Crippen LogP contribution is -2.45. The van der Waals surface area contributed by atoms with Crippen LogP contribution in [0.2, 0.25) is 0 Å². The molecule has 0 bridgehead atoms. The lowest BCUT2D eigenvalue weighted by molar-refractivity contribution is -0.134. The largest absolute Gasteiger partial charge is 0.354 e. The van der Waals surface area contributed by atoms with E-state index < -0.39 is 11.6 Å². The van der Waals surface area contributed by atoms with Gasteiger partial charge in [-0.25, -0.2) is 4.79 Å². The van der Waals surface area contributed by atoms with Gasteiger partial charge in [-0.15, -0.1) is 0 Å². The zero-order valence-corrected chi connectivity index (χ0v) is 13.7. The number of carbonyl (C=O) groups is 3. The van der Waals surface area contributed by atoms with E-state index >= 15 is 0 Å². The Morgan fingerprint density at radius 3 is 2.38 bits per heavy atom. The number of rotatable bonds is 7. The van der Waals surface area contributed by atoms with Crippen LogP contribution in [-0.2, 0) is 9.59 Å². The molecule has 6 nitrogen and oxygen atoms in total. The van der Waals surface area contributed by atoms with E-state index in [0.717, 1.165) is 11.3 Å². The van der Waals surface area contributed by atoms with Crippen LogP contribution in [0.4, 0.5) is 4.79 Å². The summed E-state index contributed by atoms with van der Waals surface area (Å²) in [5.41, 5.74) is -0.889. The summed E-state index contributed by atoms with van der Waals surface area (Å²) in [4.78, 5) is 37.1. The van der Waals surface area contributed by atoms with Crippen molar-refractivity contribution in [2.45, 2.75) is 53.0 Å². The summed E-state index contributed by atoms with van der Waals surface area (Å²) in [5, 5.41) is 5.43. The fourth-order valence-corrected chi connectivity index (χ4v) is 2.15. The highest BCUT2D eigenvalue weighted by Crippen LogP contribution is 2.24. The van der Waals surface area contributed by atoms with Crippen molar-refractivity contribution < 1.29 is 14.4 Å². The van der Waals surface area contributed by atoms with Gasteiger partial charge in [0, 0.05) is 6.54 Å². The van der Waals surface area contributed by atoms with Crippen molar-refractivity contribution in [3.8, 4) is 0 Å². The normalized spacial score (nSPS) is 22.1.